The molecule has 0 radical (unpaired) electrons. The van der Waals surface area contributed by atoms with Gasteiger partial charge in [-0.1, -0.05) is 0 Å². The van der Waals surface area contributed by atoms with E-state index < -0.39 is 29.0 Å². The number of aryl methyl sites for hydroxylation is 2. The van der Waals surface area contributed by atoms with Gasteiger partial charge < -0.3 is 9.15 Å². The van der Waals surface area contributed by atoms with E-state index in [1.807, 2.05) is 0 Å². The molecule has 0 bridgehead atoms. The lowest BCUT2D eigenvalue weighted by atomic mass is 10.1. The SMILES string of the molecule is Cc1cc(C(=O)NNC(=O)COc2ccc3c(C)cc(=O)oc3c2)ccc1[N+](=O)[O-]. The van der Waals surface area contributed by atoms with E-state index in [0.29, 0.717) is 16.9 Å². The number of nitro groups is 1. The maximum Gasteiger partial charge on any atom is 0.336 e. The van der Waals surface area contributed by atoms with Gasteiger partial charge in [-0.3, -0.25) is 30.6 Å². The number of fused-ring (bicyclic) bond motifs is 1. The summed E-state index contributed by atoms with van der Waals surface area (Å²) in [6.07, 6.45) is 0. The van der Waals surface area contributed by atoms with Gasteiger partial charge in [0, 0.05) is 34.7 Å². The Morgan fingerprint density at radius 1 is 1.07 bits per heavy atom. The maximum absolute atomic E-state index is 12.1. The Morgan fingerprint density at radius 2 is 1.83 bits per heavy atom. The highest BCUT2D eigenvalue weighted by Gasteiger charge is 2.14. The molecule has 0 saturated carbocycles. The van der Waals surface area contributed by atoms with Crippen LogP contribution in [-0.2, 0) is 4.79 Å². The largest absolute Gasteiger partial charge is 0.484 e. The third kappa shape index (κ3) is 4.61. The Bertz CT molecular complexity index is 1220. The van der Waals surface area contributed by atoms with Gasteiger partial charge in [-0.05, 0) is 43.7 Å². The lowest BCUT2D eigenvalue weighted by Crippen LogP contribution is -2.43. The molecule has 2 amide bonds. The molecule has 1 heterocycles. The van der Waals surface area contributed by atoms with Crippen LogP contribution in [0.25, 0.3) is 11.0 Å². The Balaban J connectivity index is 1.56. The van der Waals surface area contributed by atoms with E-state index in [0.717, 1.165) is 10.9 Å². The first-order valence-electron chi connectivity index (χ1n) is 8.76. The Morgan fingerprint density at radius 3 is 2.53 bits per heavy atom. The molecule has 3 rings (SSSR count). The number of carbonyl (C=O) groups is 2. The zero-order valence-corrected chi connectivity index (χ0v) is 16.1. The molecule has 0 unspecified atom stereocenters. The predicted octanol–water partition coefficient (Wildman–Crippen LogP) is 2.16. The van der Waals surface area contributed by atoms with Crippen molar-refractivity contribution in [2.75, 3.05) is 6.61 Å². The van der Waals surface area contributed by atoms with Gasteiger partial charge in [-0.15, -0.1) is 0 Å². The molecule has 1 aromatic heterocycles. The Hall–Kier alpha value is -4.21. The number of hydrazine groups is 1. The molecule has 0 fully saturated rings. The third-order valence-electron chi connectivity index (χ3n) is 4.26. The van der Waals surface area contributed by atoms with Crippen LogP contribution in [0.5, 0.6) is 5.75 Å². The number of hydrogen-bond acceptors (Lipinski definition) is 7. The lowest BCUT2D eigenvalue weighted by Gasteiger charge is -2.10. The molecule has 0 saturated heterocycles. The number of benzene rings is 2. The van der Waals surface area contributed by atoms with Crippen LogP contribution in [0.4, 0.5) is 5.69 Å². The van der Waals surface area contributed by atoms with Gasteiger partial charge in [0.05, 0.1) is 4.92 Å². The first kappa shape index (κ1) is 20.5. The summed E-state index contributed by atoms with van der Waals surface area (Å²) in [5.74, 6) is -0.958. The van der Waals surface area contributed by atoms with Crippen LogP contribution >= 0.6 is 0 Å². The fourth-order valence-electron chi connectivity index (χ4n) is 2.78. The normalized spacial score (nSPS) is 10.5. The quantitative estimate of drug-likeness (QED) is 0.372. The van der Waals surface area contributed by atoms with Crippen molar-refractivity contribution in [2.24, 2.45) is 0 Å². The van der Waals surface area contributed by atoms with Gasteiger partial charge in [0.15, 0.2) is 6.61 Å². The maximum atomic E-state index is 12.1. The van der Waals surface area contributed by atoms with E-state index in [1.165, 1.54) is 37.3 Å². The average molecular weight is 411 g/mol. The molecule has 0 atom stereocenters. The van der Waals surface area contributed by atoms with E-state index in [2.05, 4.69) is 10.9 Å². The summed E-state index contributed by atoms with van der Waals surface area (Å²) < 4.78 is 10.5. The summed E-state index contributed by atoms with van der Waals surface area (Å²) in [7, 11) is 0. The number of rotatable bonds is 5. The zero-order chi connectivity index (χ0) is 21.8. The van der Waals surface area contributed by atoms with E-state index in [4.69, 9.17) is 9.15 Å². The molecule has 0 aliphatic rings. The lowest BCUT2D eigenvalue weighted by molar-refractivity contribution is -0.385. The monoisotopic (exact) mass is 411 g/mol. The van der Waals surface area contributed by atoms with Crippen LogP contribution in [0.2, 0.25) is 0 Å². The van der Waals surface area contributed by atoms with Crippen LogP contribution in [0.3, 0.4) is 0 Å². The highest BCUT2D eigenvalue weighted by molar-refractivity contribution is 5.96. The predicted molar refractivity (Wildman–Crippen MR) is 106 cm³/mol. The molecule has 30 heavy (non-hydrogen) atoms. The first-order valence-corrected chi connectivity index (χ1v) is 8.76. The summed E-state index contributed by atoms with van der Waals surface area (Å²) in [5.41, 5.74) is 5.37. The molecule has 0 aliphatic carbocycles. The molecule has 0 spiro atoms. The van der Waals surface area contributed by atoms with Gasteiger partial charge in [0.2, 0.25) is 0 Å². The van der Waals surface area contributed by atoms with Gasteiger partial charge in [0.1, 0.15) is 11.3 Å². The van der Waals surface area contributed by atoms with Crippen LogP contribution in [0.15, 0.2) is 51.7 Å². The number of nitrogens with one attached hydrogen (secondary N) is 2. The fraction of sp³-hybridized carbons (Fsp3) is 0.150. The topological polar surface area (TPSA) is 141 Å². The molecule has 2 aromatic carbocycles. The summed E-state index contributed by atoms with van der Waals surface area (Å²) in [6.45, 7) is 2.89. The summed E-state index contributed by atoms with van der Waals surface area (Å²) in [5, 5.41) is 11.6. The summed E-state index contributed by atoms with van der Waals surface area (Å²) in [4.78, 5) is 45.8. The first-order chi connectivity index (χ1) is 14.2. The number of ether oxygens (including phenoxy) is 1. The highest BCUT2D eigenvalue weighted by Crippen LogP contribution is 2.22. The van der Waals surface area contributed by atoms with Crippen molar-refractivity contribution < 1.29 is 23.7 Å². The van der Waals surface area contributed by atoms with Gasteiger partial charge >= 0.3 is 5.63 Å². The van der Waals surface area contributed by atoms with Gasteiger partial charge in [-0.25, -0.2) is 4.79 Å². The van der Waals surface area contributed by atoms with Crippen LogP contribution in [0.1, 0.15) is 21.5 Å². The molecule has 10 nitrogen and oxygen atoms in total. The Labute approximate surface area is 169 Å². The molecular formula is C20H17N3O7. The standard InChI is InChI=1S/C20H17N3O7/c1-11-8-19(25)30-17-9-14(4-5-15(11)17)29-10-18(24)21-22-20(26)13-3-6-16(23(27)28)12(2)7-13/h3-9H,10H2,1-2H3,(H,21,24)(H,22,26). The number of amides is 2. The number of hydrogen-bond donors (Lipinski definition) is 2. The molecular weight excluding hydrogens is 394 g/mol. The second kappa shape index (κ2) is 8.43. The average Bonchev–Trinajstić information content (AvgIpc) is 2.69. The van der Waals surface area contributed by atoms with Crippen molar-refractivity contribution in [1.29, 1.82) is 0 Å². The highest BCUT2D eigenvalue weighted by atomic mass is 16.6. The van der Waals surface area contributed by atoms with Crippen molar-refractivity contribution in [3.63, 3.8) is 0 Å². The molecule has 3 aromatic rings. The smallest absolute Gasteiger partial charge is 0.336 e. The van der Waals surface area contributed by atoms with Crippen molar-refractivity contribution in [3.05, 3.63) is 79.7 Å². The molecule has 2 N–H and O–H groups in total. The van der Waals surface area contributed by atoms with E-state index in [-0.39, 0.29) is 11.3 Å². The summed E-state index contributed by atoms with van der Waals surface area (Å²) in [6, 6.07) is 10.1. The Kier molecular flexibility index (Phi) is 5.77. The minimum Gasteiger partial charge on any atom is -0.484 e. The van der Waals surface area contributed by atoms with Crippen molar-refractivity contribution in [3.8, 4) is 5.75 Å². The van der Waals surface area contributed by atoms with E-state index >= 15 is 0 Å². The van der Waals surface area contributed by atoms with Crippen LogP contribution in [-0.4, -0.2) is 23.3 Å². The molecule has 10 heteroatoms. The second-order valence-corrected chi connectivity index (χ2v) is 6.46. The van der Waals surface area contributed by atoms with Crippen LogP contribution in [0, 0.1) is 24.0 Å². The zero-order valence-electron chi connectivity index (χ0n) is 16.1. The van der Waals surface area contributed by atoms with Crippen molar-refractivity contribution in [1.82, 2.24) is 10.9 Å². The second-order valence-electron chi connectivity index (χ2n) is 6.46. The third-order valence-corrected chi connectivity index (χ3v) is 4.26. The van der Waals surface area contributed by atoms with Gasteiger partial charge in [0.25, 0.3) is 17.5 Å². The summed E-state index contributed by atoms with van der Waals surface area (Å²) >= 11 is 0. The van der Waals surface area contributed by atoms with E-state index in [9.17, 15) is 24.5 Å². The number of nitro benzene ring substituents is 1. The van der Waals surface area contributed by atoms with Crippen molar-refractivity contribution >= 4 is 28.5 Å². The number of carbonyl (C=O) groups excluding carboxylic acids is 2. The minimum atomic E-state index is -0.635. The van der Waals surface area contributed by atoms with Crippen molar-refractivity contribution in [2.45, 2.75) is 13.8 Å². The van der Waals surface area contributed by atoms with E-state index in [1.54, 1.807) is 19.1 Å². The van der Waals surface area contributed by atoms with Gasteiger partial charge in [-0.2, -0.15) is 0 Å². The molecule has 0 aliphatic heterocycles. The number of nitrogens with zero attached hydrogens (tertiary/aromatic N) is 1. The molecule has 154 valence electrons. The van der Waals surface area contributed by atoms with Crippen LogP contribution < -0.4 is 21.2 Å². The minimum absolute atomic E-state index is 0.106. The fourth-order valence-corrected chi connectivity index (χ4v) is 2.78.